The second kappa shape index (κ2) is 8.68. The molecule has 2 aromatic carbocycles. The number of sulfone groups is 1. The van der Waals surface area contributed by atoms with Crippen LogP contribution in [0.3, 0.4) is 0 Å². The highest BCUT2D eigenvalue weighted by Gasteiger charge is 2.15. The number of anilines is 2. The Kier molecular flexibility index (Phi) is 5.92. The first-order valence-corrected chi connectivity index (χ1v) is 12.1. The molecule has 2 heterocycles. The summed E-state index contributed by atoms with van der Waals surface area (Å²) in [5, 5.41) is 5.58. The van der Waals surface area contributed by atoms with Crippen LogP contribution in [0.2, 0.25) is 5.02 Å². The third kappa shape index (κ3) is 4.89. The van der Waals surface area contributed by atoms with Gasteiger partial charge in [0.15, 0.2) is 9.84 Å². The molecule has 0 fully saturated rings. The summed E-state index contributed by atoms with van der Waals surface area (Å²) in [5.41, 5.74) is 2.78. The lowest BCUT2D eigenvalue weighted by molar-refractivity contribution is 0.101. The Balaban J connectivity index is 1.49. The number of imidazole rings is 1. The lowest BCUT2D eigenvalue weighted by atomic mass is 10.2. The number of amides is 2. The number of benzene rings is 2. The van der Waals surface area contributed by atoms with E-state index in [2.05, 4.69) is 15.6 Å². The van der Waals surface area contributed by atoms with Crippen molar-refractivity contribution in [1.82, 2.24) is 9.38 Å². The van der Waals surface area contributed by atoms with Crippen molar-refractivity contribution in [2.75, 3.05) is 16.9 Å². The summed E-state index contributed by atoms with van der Waals surface area (Å²) in [6.07, 6.45) is 2.72. The molecule has 0 unspecified atom stereocenters. The number of rotatable bonds is 5. The van der Waals surface area contributed by atoms with Crippen LogP contribution >= 0.6 is 11.6 Å². The van der Waals surface area contributed by atoms with E-state index in [-0.39, 0.29) is 21.2 Å². The molecule has 0 saturated carbocycles. The minimum atomic E-state index is -3.44. The standard InChI is InChI=1S/C23H19ClN4O4S/c1-14-5-3-8-21-26-20(13-28(14)21)23(30)25-16-9-10-19(18(24)12-16)27-22(29)15-6-4-7-17(11-15)33(2,31)32/h3-13H,1-2H3,(H,25,30)(H,27,29). The van der Waals surface area contributed by atoms with Crippen LogP contribution in [0.4, 0.5) is 11.4 Å². The van der Waals surface area contributed by atoms with Crippen LogP contribution in [0.15, 0.2) is 71.8 Å². The van der Waals surface area contributed by atoms with E-state index in [0.717, 1.165) is 11.9 Å². The molecule has 33 heavy (non-hydrogen) atoms. The van der Waals surface area contributed by atoms with Crippen molar-refractivity contribution in [3.63, 3.8) is 0 Å². The highest BCUT2D eigenvalue weighted by atomic mass is 35.5. The molecule has 8 nitrogen and oxygen atoms in total. The van der Waals surface area contributed by atoms with Gasteiger partial charge in [-0.3, -0.25) is 9.59 Å². The quantitative estimate of drug-likeness (QED) is 0.443. The molecule has 2 amide bonds. The number of carbonyl (C=O) groups is 2. The molecule has 0 atom stereocenters. The minimum Gasteiger partial charge on any atom is -0.321 e. The molecule has 0 radical (unpaired) electrons. The van der Waals surface area contributed by atoms with Crippen LogP contribution in [0.25, 0.3) is 5.65 Å². The second-order valence-electron chi connectivity index (χ2n) is 7.42. The number of nitrogens with one attached hydrogen (secondary N) is 2. The molecule has 10 heteroatoms. The number of carbonyl (C=O) groups excluding carboxylic acids is 2. The van der Waals surface area contributed by atoms with E-state index in [0.29, 0.717) is 17.0 Å². The molecule has 0 aliphatic carbocycles. The van der Waals surface area contributed by atoms with Crippen LogP contribution < -0.4 is 10.6 Å². The zero-order chi connectivity index (χ0) is 23.8. The lowest BCUT2D eigenvalue weighted by Crippen LogP contribution is -2.14. The van der Waals surface area contributed by atoms with Gasteiger partial charge in [-0.25, -0.2) is 13.4 Å². The first-order chi connectivity index (χ1) is 15.6. The summed E-state index contributed by atoms with van der Waals surface area (Å²) in [6.45, 7) is 1.92. The largest absolute Gasteiger partial charge is 0.321 e. The molecule has 4 aromatic rings. The van der Waals surface area contributed by atoms with Crippen molar-refractivity contribution < 1.29 is 18.0 Å². The molecule has 4 rings (SSSR count). The van der Waals surface area contributed by atoms with Crippen LogP contribution in [-0.2, 0) is 9.84 Å². The van der Waals surface area contributed by atoms with E-state index in [1.54, 1.807) is 18.3 Å². The number of hydrogen-bond acceptors (Lipinski definition) is 5. The normalized spacial score (nSPS) is 11.4. The van der Waals surface area contributed by atoms with Crippen molar-refractivity contribution in [3.05, 3.63) is 88.8 Å². The van der Waals surface area contributed by atoms with Crippen molar-refractivity contribution in [3.8, 4) is 0 Å². The van der Waals surface area contributed by atoms with Gasteiger partial charge in [0.1, 0.15) is 11.3 Å². The third-order valence-corrected chi connectivity index (χ3v) is 6.35. The average Bonchev–Trinajstić information content (AvgIpc) is 3.21. The van der Waals surface area contributed by atoms with Crippen molar-refractivity contribution in [2.45, 2.75) is 11.8 Å². The molecule has 168 valence electrons. The van der Waals surface area contributed by atoms with Gasteiger partial charge in [0.2, 0.25) is 0 Å². The number of aromatic nitrogens is 2. The topological polar surface area (TPSA) is 110 Å². The summed E-state index contributed by atoms with van der Waals surface area (Å²) in [7, 11) is -3.44. The van der Waals surface area contributed by atoms with Gasteiger partial charge in [0.25, 0.3) is 11.8 Å². The third-order valence-electron chi connectivity index (χ3n) is 4.93. The van der Waals surface area contributed by atoms with E-state index in [9.17, 15) is 18.0 Å². The maximum absolute atomic E-state index is 12.6. The van der Waals surface area contributed by atoms with Gasteiger partial charge in [-0.2, -0.15) is 0 Å². The van der Waals surface area contributed by atoms with Gasteiger partial charge in [-0.1, -0.05) is 23.7 Å². The molecule has 0 saturated heterocycles. The summed E-state index contributed by atoms with van der Waals surface area (Å²) in [5.74, 6) is -0.914. The van der Waals surface area contributed by atoms with Gasteiger partial charge >= 0.3 is 0 Å². The number of halogens is 1. The monoisotopic (exact) mass is 482 g/mol. The molecule has 2 N–H and O–H groups in total. The van der Waals surface area contributed by atoms with Crippen LogP contribution in [-0.4, -0.2) is 35.9 Å². The Morgan fingerprint density at radius 1 is 0.970 bits per heavy atom. The van der Waals surface area contributed by atoms with Gasteiger partial charge in [-0.05, 0) is 55.5 Å². The molecule has 0 aliphatic heterocycles. The van der Waals surface area contributed by atoms with E-state index >= 15 is 0 Å². The second-order valence-corrected chi connectivity index (χ2v) is 9.85. The fraction of sp³-hybridized carbons (Fsp3) is 0.0870. The fourth-order valence-corrected chi connectivity index (χ4v) is 4.10. The van der Waals surface area contributed by atoms with Gasteiger partial charge in [0.05, 0.1) is 15.6 Å². The Morgan fingerprint density at radius 2 is 1.73 bits per heavy atom. The summed E-state index contributed by atoms with van der Waals surface area (Å²) in [4.78, 5) is 29.5. The highest BCUT2D eigenvalue weighted by molar-refractivity contribution is 7.90. The van der Waals surface area contributed by atoms with Gasteiger partial charge < -0.3 is 15.0 Å². The SMILES string of the molecule is Cc1cccc2nc(C(=O)Nc3ccc(NC(=O)c4cccc(S(C)(=O)=O)c4)c(Cl)c3)cn12. The Morgan fingerprint density at radius 3 is 2.42 bits per heavy atom. The number of hydrogen-bond donors (Lipinski definition) is 2. The molecule has 2 aromatic heterocycles. The van der Waals surface area contributed by atoms with Gasteiger partial charge in [0, 0.05) is 29.4 Å². The lowest BCUT2D eigenvalue weighted by Gasteiger charge is -2.10. The zero-order valence-corrected chi connectivity index (χ0v) is 19.2. The fourth-order valence-electron chi connectivity index (χ4n) is 3.21. The predicted octanol–water partition coefficient (Wildman–Crippen LogP) is 4.20. The Hall–Kier alpha value is -3.69. The Labute approximate surface area is 195 Å². The first-order valence-electron chi connectivity index (χ1n) is 9.79. The number of pyridine rings is 1. The summed E-state index contributed by atoms with van der Waals surface area (Å²) in [6, 6.07) is 15.9. The zero-order valence-electron chi connectivity index (χ0n) is 17.7. The van der Waals surface area contributed by atoms with E-state index < -0.39 is 21.7 Å². The number of fused-ring (bicyclic) bond motifs is 1. The van der Waals surface area contributed by atoms with Crippen molar-refractivity contribution in [1.29, 1.82) is 0 Å². The van der Waals surface area contributed by atoms with Crippen LogP contribution in [0, 0.1) is 6.92 Å². The highest BCUT2D eigenvalue weighted by Crippen LogP contribution is 2.26. The molecule has 0 bridgehead atoms. The van der Waals surface area contributed by atoms with E-state index in [1.807, 2.05) is 29.5 Å². The average molecular weight is 483 g/mol. The van der Waals surface area contributed by atoms with Crippen molar-refractivity contribution in [2.24, 2.45) is 0 Å². The molecule has 0 spiro atoms. The number of aryl methyl sites for hydroxylation is 1. The molecule has 0 aliphatic rings. The summed E-state index contributed by atoms with van der Waals surface area (Å²) < 4.78 is 25.3. The number of nitrogens with zero attached hydrogens (tertiary/aromatic N) is 2. The maximum Gasteiger partial charge on any atom is 0.275 e. The maximum atomic E-state index is 12.6. The van der Waals surface area contributed by atoms with E-state index in [4.69, 9.17) is 11.6 Å². The summed E-state index contributed by atoms with van der Waals surface area (Å²) >= 11 is 6.30. The first kappa shape index (κ1) is 22.5. The van der Waals surface area contributed by atoms with Gasteiger partial charge in [-0.15, -0.1) is 0 Å². The smallest absolute Gasteiger partial charge is 0.275 e. The van der Waals surface area contributed by atoms with E-state index in [1.165, 1.54) is 30.3 Å². The Bertz CT molecular complexity index is 1510. The van der Waals surface area contributed by atoms with Crippen molar-refractivity contribution >= 4 is 50.3 Å². The molecular weight excluding hydrogens is 464 g/mol. The molecular formula is C23H19ClN4O4S. The minimum absolute atomic E-state index is 0.0430. The predicted molar refractivity (Wildman–Crippen MR) is 127 cm³/mol. The van der Waals surface area contributed by atoms with Crippen LogP contribution in [0.5, 0.6) is 0 Å². The van der Waals surface area contributed by atoms with Crippen LogP contribution in [0.1, 0.15) is 26.5 Å².